The Morgan fingerprint density at radius 1 is 0.889 bits per heavy atom. The minimum atomic E-state index is -1.12. The number of nitrogens with zero attached hydrogens (tertiary/aromatic N) is 1. The first-order valence-corrected chi connectivity index (χ1v) is 8.86. The second-order valence-electron chi connectivity index (χ2n) is 6.45. The van der Waals surface area contributed by atoms with Crippen molar-refractivity contribution in [3.05, 3.63) is 108 Å². The Bertz CT molecular complexity index is 955. The zero-order valence-corrected chi connectivity index (χ0v) is 15.0. The Balaban J connectivity index is 1.92. The predicted octanol–water partition coefficient (Wildman–Crippen LogP) is 3.85. The second kappa shape index (κ2) is 7.08. The third kappa shape index (κ3) is 2.89. The summed E-state index contributed by atoms with van der Waals surface area (Å²) in [4.78, 5) is 18.1. The van der Waals surface area contributed by atoms with Crippen LogP contribution in [0.1, 0.15) is 22.7 Å². The van der Waals surface area contributed by atoms with Crippen LogP contribution in [0.5, 0.6) is 0 Å². The highest BCUT2D eigenvalue weighted by Crippen LogP contribution is 2.43. The first-order valence-electron chi connectivity index (χ1n) is 8.86. The molecule has 3 aromatic carbocycles. The van der Waals surface area contributed by atoms with E-state index in [0.717, 1.165) is 16.7 Å². The van der Waals surface area contributed by atoms with Gasteiger partial charge in [0.25, 0.3) is 0 Å². The molecule has 3 aromatic rings. The van der Waals surface area contributed by atoms with E-state index in [0.29, 0.717) is 5.84 Å². The molecule has 4 rings (SSSR count). The molecule has 4 heteroatoms. The molecule has 0 spiro atoms. The summed E-state index contributed by atoms with van der Waals surface area (Å²) in [7, 11) is 1.41. The first-order chi connectivity index (χ1) is 13.3. The lowest BCUT2D eigenvalue weighted by molar-refractivity contribution is -0.149. The van der Waals surface area contributed by atoms with E-state index >= 15 is 0 Å². The van der Waals surface area contributed by atoms with Crippen LogP contribution >= 0.6 is 0 Å². The van der Waals surface area contributed by atoms with Gasteiger partial charge < -0.3 is 10.1 Å². The first kappa shape index (κ1) is 17.0. The lowest BCUT2D eigenvalue weighted by Crippen LogP contribution is -2.51. The van der Waals surface area contributed by atoms with Crippen LogP contribution in [0.15, 0.2) is 96.0 Å². The molecule has 0 saturated carbocycles. The molecule has 0 radical (unpaired) electrons. The van der Waals surface area contributed by atoms with E-state index in [2.05, 4.69) is 5.32 Å². The zero-order chi connectivity index (χ0) is 18.7. The summed E-state index contributed by atoms with van der Waals surface area (Å²) in [6.45, 7) is 0. The third-order valence-electron chi connectivity index (χ3n) is 4.88. The molecule has 0 saturated heterocycles. The van der Waals surface area contributed by atoms with Gasteiger partial charge in [0.1, 0.15) is 11.9 Å². The molecule has 0 aliphatic carbocycles. The molecule has 134 valence electrons. The van der Waals surface area contributed by atoms with Crippen LogP contribution in [0.25, 0.3) is 0 Å². The minimum Gasteiger partial charge on any atom is -0.467 e. The molecule has 2 atom stereocenters. The van der Waals surface area contributed by atoms with Gasteiger partial charge in [-0.3, -0.25) is 4.99 Å². The lowest BCUT2D eigenvalue weighted by atomic mass is 9.80. The van der Waals surface area contributed by atoms with Crippen LogP contribution in [0.3, 0.4) is 0 Å². The van der Waals surface area contributed by atoms with E-state index in [1.54, 1.807) is 0 Å². The number of esters is 1. The fraction of sp³-hybridized carbons (Fsp3) is 0.130. The van der Waals surface area contributed by atoms with E-state index in [1.165, 1.54) is 7.11 Å². The number of rotatable bonds is 4. The van der Waals surface area contributed by atoms with E-state index < -0.39 is 11.6 Å². The van der Waals surface area contributed by atoms with Gasteiger partial charge >= 0.3 is 5.97 Å². The van der Waals surface area contributed by atoms with E-state index in [9.17, 15) is 4.79 Å². The second-order valence-corrected chi connectivity index (χ2v) is 6.45. The van der Waals surface area contributed by atoms with Gasteiger partial charge in [-0.1, -0.05) is 91.0 Å². The molecule has 0 amide bonds. The van der Waals surface area contributed by atoms with Gasteiger partial charge in [0.05, 0.1) is 7.11 Å². The number of carbonyl (C=O) groups is 1. The van der Waals surface area contributed by atoms with Crippen LogP contribution in [-0.4, -0.2) is 18.9 Å². The Morgan fingerprint density at radius 3 is 2.04 bits per heavy atom. The highest BCUT2D eigenvalue weighted by Gasteiger charge is 2.53. The van der Waals surface area contributed by atoms with Crippen molar-refractivity contribution in [1.82, 2.24) is 5.32 Å². The van der Waals surface area contributed by atoms with Gasteiger partial charge in [0.15, 0.2) is 5.54 Å². The highest BCUT2D eigenvalue weighted by atomic mass is 16.5. The number of amidine groups is 1. The number of carbonyl (C=O) groups excluding carboxylic acids is 1. The van der Waals surface area contributed by atoms with Crippen LogP contribution in [0, 0.1) is 0 Å². The quantitative estimate of drug-likeness (QED) is 0.723. The van der Waals surface area contributed by atoms with E-state index in [1.807, 2.05) is 91.0 Å². The molecular weight excluding hydrogens is 336 g/mol. The number of ether oxygens (including phenoxy) is 1. The molecule has 1 aliphatic heterocycles. The largest absolute Gasteiger partial charge is 0.467 e. The van der Waals surface area contributed by atoms with Crippen LogP contribution < -0.4 is 5.32 Å². The highest BCUT2D eigenvalue weighted by molar-refractivity contribution is 6.05. The maximum Gasteiger partial charge on any atom is 0.338 e. The maximum absolute atomic E-state index is 13.1. The van der Waals surface area contributed by atoms with E-state index in [4.69, 9.17) is 9.73 Å². The molecule has 0 bridgehead atoms. The number of hydrogen-bond acceptors (Lipinski definition) is 4. The number of methoxy groups -OCH3 is 1. The van der Waals surface area contributed by atoms with Crippen LogP contribution in [0.4, 0.5) is 0 Å². The van der Waals surface area contributed by atoms with Crippen molar-refractivity contribution in [3.8, 4) is 0 Å². The van der Waals surface area contributed by atoms with Crippen LogP contribution in [0.2, 0.25) is 0 Å². The molecule has 4 nitrogen and oxygen atoms in total. The van der Waals surface area contributed by atoms with Crippen LogP contribution in [-0.2, 0) is 15.1 Å². The standard InChI is InChI=1S/C23H20N2O2/c1-27-22(26)23(19-15-9-4-10-16-19)20(17-11-5-2-6-12-17)24-21(25-23)18-13-7-3-8-14-18/h2-16,20H,1H3,(H,24,25). The summed E-state index contributed by atoms with van der Waals surface area (Å²) >= 11 is 0. The molecule has 1 N–H and O–H groups in total. The Kier molecular flexibility index (Phi) is 4.47. The average molecular weight is 356 g/mol. The predicted molar refractivity (Wildman–Crippen MR) is 105 cm³/mol. The Morgan fingerprint density at radius 2 is 1.44 bits per heavy atom. The molecule has 27 heavy (non-hydrogen) atoms. The van der Waals surface area contributed by atoms with Crippen molar-refractivity contribution in [1.29, 1.82) is 0 Å². The molecule has 1 aliphatic rings. The fourth-order valence-electron chi connectivity index (χ4n) is 3.59. The maximum atomic E-state index is 13.1. The van der Waals surface area contributed by atoms with Gasteiger partial charge in [-0.15, -0.1) is 0 Å². The van der Waals surface area contributed by atoms with Gasteiger partial charge in [-0.2, -0.15) is 0 Å². The van der Waals surface area contributed by atoms with Crippen molar-refractivity contribution in [2.75, 3.05) is 7.11 Å². The molecular formula is C23H20N2O2. The van der Waals surface area contributed by atoms with Gasteiger partial charge in [0.2, 0.25) is 0 Å². The molecule has 1 heterocycles. The summed E-state index contributed by atoms with van der Waals surface area (Å²) in [6, 6.07) is 28.9. The number of aliphatic imine (C=N–C) groups is 1. The summed E-state index contributed by atoms with van der Waals surface area (Å²) in [5, 5.41) is 3.41. The normalized spacial score (nSPS) is 21.2. The summed E-state index contributed by atoms with van der Waals surface area (Å²) in [5.74, 6) is 0.316. The minimum absolute atomic E-state index is 0.364. The summed E-state index contributed by atoms with van der Waals surface area (Å²) in [6.07, 6.45) is 0. The van der Waals surface area contributed by atoms with Crippen molar-refractivity contribution in [2.24, 2.45) is 4.99 Å². The average Bonchev–Trinajstić information content (AvgIpc) is 3.17. The smallest absolute Gasteiger partial charge is 0.338 e. The summed E-state index contributed by atoms with van der Waals surface area (Å²) in [5.41, 5.74) is 1.58. The van der Waals surface area contributed by atoms with Crippen molar-refractivity contribution in [3.63, 3.8) is 0 Å². The number of hydrogen-bond donors (Lipinski definition) is 1. The topological polar surface area (TPSA) is 50.7 Å². The lowest BCUT2D eigenvalue weighted by Gasteiger charge is -2.33. The summed E-state index contributed by atoms with van der Waals surface area (Å²) < 4.78 is 5.25. The number of benzene rings is 3. The third-order valence-corrected chi connectivity index (χ3v) is 4.88. The molecule has 2 unspecified atom stereocenters. The molecule has 0 fully saturated rings. The molecule has 0 aromatic heterocycles. The fourth-order valence-corrected chi connectivity index (χ4v) is 3.59. The Labute approximate surface area is 158 Å². The monoisotopic (exact) mass is 356 g/mol. The van der Waals surface area contributed by atoms with Gasteiger partial charge in [-0.05, 0) is 11.1 Å². The van der Waals surface area contributed by atoms with Crippen molar-refractivity contribution >= 4 is 11.8 Å². The Hall–Kier alpha value is -3.40. The van der Waals surface area contributed by atoms with Gasteiger partial charge in [0, 0.05) is 5.56 Å². The SMILES string of the molecule is COC(=O)C1(c2ccccc2)NC(c2ccccc2)=NC1c1ccccc1. The van der Waals surface area contributed by atoms with E-state index in [-0.39, 0.29) is 5.97 Å². The zero-order valence-electron chi connectivity index (χ0n) is 15.0. The number of nitrogens with one attached hydrogen (secondary N) is 1. The van der Waals surface area contributed by atoms with Gasteiger partial charge in [-0.25, -0.2) is 4.79 Å². The van der Waals surface area contributed by atoms with Crippen molar-refractivity contribution < 1.29 is 9.53 Å². The van der Waals surface area contributed by atoms with Crippen molar-refractivity contribution in [2.45, 2.75) is 11.6 Å².